The van der Waals surface area contributed by atoms with Crippen LogP contribution in [0, 0.1) is 0 Å². The molecule has 0 aliphatic heterocycles. The van der Waals surface area contributed by atoms with E-state index in [1.54, 1.807) is 0 Å². The van der Waals surface area contributed by atoms with Crippen molar-refractivity contribution in [3.05, 3.63) is 65.2 Å². The summed E-state index contributed by atoms with van der Waals surface area (Å²) < 4.78 is 0. The average molecular weight is 296 g/mol. The molecule has 116 valence electrons. The molecule has 0 aromatic heterocycles. The van der Waals surface area contributed by atoms with Crippen LogP contribution in [0.1, 0.15) is 48.2 Å². The summed E-state index contributed by atoms with van der Waals surface area (Å²) in [7, 11) is 0. The summed E-state index contributed by atoms with van der Waals surface area (Å²) in [4.78, 5) is 12.4. The fourth-order valence-corrected chi connectivity index (χ4v) is 2.27. The van der Waals surface area contributed by atoms with E-state index in [1.807, 2.05) is 48.5 Å². The van der Waals surface area contributed by atoms with Crippen LogP contribution in [0.2, 0.25) is 0 Å². The third-order valence-electron chi connectivity index (χ3n) is 3.67. The summed E-state index contributed by atoms with van der Waals surface area (Å²) >= 11 is 0. The summed E-state index contributed by atoms with van der Waals surface area (Å²) in [5, 5.41) is 6.29. The number of anilines is 1. The molecule has 0 fully saturated rings. The number of benzene rings is 2. The Labute approximate surface area is 132 Å². The summed E-state index contributed by atoms with van der Waals surface area (Å²) in [5.41, 5.74) is 3.88. The zero-order valence-corrected chi connectivity index (χ0v) is 13.5. The zero-order valence-electron chi connectivity index (χ0n) is 13.5. The average Bonchev–Trinajstić information content (AvgIpc) is 2.54. The van der Waals surface area contributed by atoms with Gasteiger partial charge in [-0.2, -0.15) is 0 Å². The predicted octanol–water partition coefficient (Wildman–Crippen LogP) is 4.17. The Morgan fingerprint density at radius 3 is 2.36 bits per heavy atom. The Balaban J connectivity index is 2.11. The van der Waals surface area contributed by atoms with Crippen LogP contribution in [0.15, 0.2) is 48.5 Å². The van der Waals surface area contributed by atoms with Gasteiger partial charge in [-0.15, -0.1) is 0 Å². The monoisotopic (exact) mass is 296 g/mol. The molecule has 22 heavy (non-hydrogen) atoms. The molecule has 0 aliphatic rings. The lowest BCUT2D eigenvalue weighted by Crippen LogP contribution is -2.17. The number of rotatable bonds is 6. The molecule has 0 radical (unpaired) electrons. The van der Waals surface area contributed by atoms with Crippen molar-refractivity contribution in [3.63, 3.8) is 0 Å². The van der Waals surface area contributed by atoms with Gasteiger partial charge in [-0.05, 0) is 41.8 Å². The quantitative estimate of drug-likeness (QED) is 0.840. The number of carbonyl (C=O) groups excluding carboxylic acids is 1. The van der Waals surface area contributed by atoms with Crippen molar-refractivity contribution in [3.8, 4) is 0 Å². The molecule has 0 aliphatic carbocycles. The van der Waals surface area contributed by atoms with Gasteiger partial charge in [0.15, 0.2) is 0 Å². The van der Waals surface area contributed by atoms with Gasteiger partial charge in [0, 0.05) is 17.8 Å². The van der Waals surface area contributed by atoms with Crippen LogP contribution in [-0.4, -0.2) is 12.5 Å². The summed E-state index contributed by atoms with van der Waals surface area (Å²) in [5.74, 6) is 0.400. The molecule has 2 N–H and O–H groups in total. The van der Waals surface area contributed by atoms with Gasteiger partial charge >= 0.3 is 0 Å². The number of hydrogen-bond acceptors (Lipinski definition) is 2. The second-order valence-electron chi connectivity index (χ2n) is 5.67. The maximum Gasteiger partial charge on any atom is 0.255 e. The molecule has 2 aromatic rings. The minimum Gasteiger partial charge on any atom is -0.322 e. The highest BCUT2D eigenvalue weighted by molar-refractivity contribution is 6.04. The van der Waals surface area contributed by atoms with Gasteiger partial charge in [0.2, 0.25) is 0 Å². The van der Waals surface area contributed by atoms with E-state index in [2.05, 4.69) is 31.4 Å². The predicted molar refractivity (Wildman–Crippen MR) is 92.3 cm³/mol. The number of nitrogens with one attached hydrogen (secondary N) is 2. The van der Waals surface area contributed by atoms with Crippen LogP contribution in [0.4, 0.5) is 5.69 Å². The normalized spacial score (nSPS) is 10.7. The highest BCUT2D eigenvalue weighted by Gasteiger charge is 2.09. The minimum atomic E-state index is -0.0701. The molecule has 0 unspecified atom stereocenters. The highest BCUT2D eigenvalue weighted by atomic mass is 16.1. The molecule has 1 amide bonds. The van der Waals surface area contributed by atoms with Crippen molar-refractivity contribution in [1.29, 1.82) is 0 Å². The molecule has 0 atom stereocenters. The van der Waals surface area contributed by atoms with Gasteiger partial charge in [-0.25, -0.2) is 0 Å². The van der Waals surface area contributed by atoms with E-state index in [4.69, 9.17) is 0 Å². The third kappa shape index (κ3) is 4.18. The fourth-order valence-electron chi connectivity index (χ4n) is 2.27. The van der Waals surface area contributed by atoms with Gasteiger partial charge in [-0.1, -0.05) is 51.1 Å². The van der Waals surface area contributed by atoms with Gasteiger partial charge in [0.1, 0.15) is 0 Å². The lowest BCUT2D eigenvalue weighted by Gasteiger charge is -2.12. The molecule has 2 rings (SSSR count). The topological polar surface area (TPSA) is 41.1 Å². The van der Waals surface area contributed by atoms with Crippen molar-refractivity contribution in [2.75, 3.05) is 11.9 Å². The second-order valence-corrected chi connectivity index (χ2v) is 5.67. The molecule has 3 nitrogen and oxygen atoms in total. The first-order valence-electron chi connectivity index (χ1n) is 7.81. The van der Waals surface area contributed by atoms with E-state index in [1.165, 1.54) is 5.56 Å². The van der Waals surface area contributed by atoms with Crippen LogP contribution in [0.25, 0.3) is 0 Å². The molecule has 0 spiro atoms. The van der Waals surface area contributed by atoms with Crippen LogP contribution >= 0.6 is 0 Å². The maximum atomic E-state index is 12.4. The maximum absolute atomic E-state index is 12.4. The van der Waals surface area contributed by atoms with Crippen LogP contribution in [0.5, 0.6) is 0 Å². The Kier molecular flexibility index (Phi) is 5.73. The van der Waals surface area contributed by atoms with Crippen LogP contribution in [-0.2, 0) is 6.54 Å². The van der Waals surface area contributed by atoms with Crippen LogP contribution in [0.3, 0.4) is 0 Å². The van der Waals surface area contributed by atoms with E-state index < -0.39 is 0 Å². The Morgan fingerprint density at radius 2 is 1.73 bits per heavy atom. The summed E-state index contributed by atoms with van der Waals surface area (Å²) in [6.07, 6.45) is 0. The first kappa shape index (κ1) is 16.2. The molecule has 3 heteroatoms. The van der Waals surface area contributed by atoms with Gasteiger partial charge in [0.25, 0.3) is 5.91 Å². The molecule has 2 aromatic carbocycles. The van der Waals surface area contributed by atoms with E-state index in [-0.39, 0.29) is 5.91 Å². The Hall–Kier alpha value is -2.13. The third-order valence-corrected chi connectivity index (χ3v) is 3.67. The van der Waals surface area contributed by atoms with Gasteiger partial charge in [0.05, 0.1) is 0 Å². The van der Waals surface area contributed by atoms with Crippen LogP contribution < -0.4 is 10.6 Å². The van der Waals surface area contributed by atoms with E-state index >= 15 is 0 Å². The lowest BCUT2D eigenvalue weighted by atomic mass is 10.0. The van der Waals surface area contributed by atoms with Gasteiger partial charge in [-0.3, -0.25) is 4.79 Å². The first-order chi connectivity index (χ1) is 10.6. The van der Waals surface area contributed by atoms with Crippen molar-refractivity contribution in [1.82, 2.24) is 5.32 Å². The lowest BCUT2D eigenvalue weighted by molar-refractivity contribution is 0.102. The van der Waals surface area contributed by atoms with Crippen molar-refractivity contribution in [2.24, 2.45) is 0 Å². The molecule has 0 saturated carbocycles. The Morgan fingerprint density at radius 1 is 1.05 bits per heavy atom. The van der Waals surface area contributed by atoms with Gasteiger partial charge < -0.3 is 10.6 Å². The fraction of sp³-hybridized carbons (Fsp3) is 0.316. The second kappa shape index (κ2) is 7.76. The molecular weight excluding hydrogens is 272 g/mol. The van der Waals surface area contributed by atoms with E-state index in [0.29, 0.717) is 11.5 Å². The summed E-state index contributed by atoms with van der Waals surface area (Å²) in [6.45, 7) is 8.01. The number of carbonyl (C=O) groups is 1. The van der Waals surface area contributed by atoms with Crippen molar-refractivity contribution < 1.29 is 4.79 Å². The first-order valence-corrected chi connectivity index (χ1v) is 7.81. The number of hydrogen-bond donors (Lipinski definition) is 2. The van der Waals surface area contributed by atoms with Crippen molar-refractivity contribution >= 4 is 11.6 Å². The standard InChI is InChI=1S/C19H24N2O/c1-4-20-13-17-7-5-6-8-18(17)21-19(22)16-11-9-15(10-12-16)14(2)3/h5-12,14,20H,4,13H2,1-3H3,(H,21,22). The van der Waals surface area contributed by atoms with E-state index in [9.17, 15) is 4.79 Å². The number of para-hydroxylation sites is 1. The number of amides is 1. The van der Waals surface area contributed by atoms with Crippen molar-refractivity contribution in [2.45, 2.75) is 33.2 Å². The largest absolute Gasteiger partial charge is 0.322 e. The molecule has 0 saturated heterocycles. The van der Waals surface area contributed by atoms with E-state index in [0.717, 1.165) is 24.3 Å². The molecular formula is C19H24N2O. The molecule has 0 bridgehead atoms. The highest BCUT2D eigenvalue weighted by Crippen LogP contribution is 2.18. The Bertz CT molecular complexity index is 618. The zero-order chi connectivity index (χ0) is 15.9. The smallest absolute Gasteiger partial charge is 0.255 e. The minimum absolute atomic E-state index is 0.0701. The summed E-state index contributed by atoms with van der Waals surface area (Å²) in [6, 6.07) is 15.7. The molecule has 0 heterocycles. The SMILES string of the molecule is CCNCc1ccccc1NC(=O)c1ccc(C(C)C)cc1.